The molecular formula is C24H20ClN3O2S. The second kappa shape index (κ2) is 8.29. The molecule has 0 bridgehead atoms. The van der Waals surface area contributed by atoms with E-state index in [-0.39, 0.29) is 0 Å². The summed E-state index contributed by atoms with van der Waals surface area (Å²) in [4.78, 5) is 24.7. The van der Waals surface area contributed by atoms with Gasteiger partial charge in [-0.05, 0) is 56.9 Å². The van der Waals surface area contributed by atoms with E-state index < -0.39 is 5.97 Å². The number of oxime groups is 1. The molecule has 7 heteroatoms. The first-order chi connectivity index (χ1) is 15.1. The Morgan fingerprint density at radius 3 is 2.65 bits per heavy atom. The van der Waals surface area contributed by atoms with Gasteiger partial charge in [0.25, 0.3) is 0 Å². The first-order valence-electron chi connectivity index (χ1n) is 10.2. The van der Waals surface area contributed by atoms with Gasteiger partial charge in [-0.25, -0.2) is 9.78 Å². The summed E-state index contributed by atoms with van der Waals surface area (Å²) in [5.41, 5.74) is 5.38. The van der Waals surface area contributed by atoms with Crippen LogP contribution in [0.3, 0.4) is 0 Å². The van der Waals surface area contributed by atoms with E-state index in [4.69, 9.17) is 21.4 Å². The Morgan fingerprint density at radius 1 is 1.13 bits per heavy atom. The molecule has 0 spiro atoms. The fourth-order valence-corrected chi connectivity index (χ4v) is 5.21. The van der Waals surface area contributed by atoms with Crippen LogP contribution in [-0.4, -0.2) is 21.6 Å². The van der Waals surface area contributed by atoms with Crippen molar-refractivity contribution < 1.29 is 9.63 Å². The fraction of sp³-hybridized carbons (Fsp3) is 0.208. The molecule has 4 aromatic rings. The predicted octanol–water partition coefficient (Wildman–Crippen LogP) is 6.09. The van der Waals surface area contributed by atoms with Crippen LogP contribution >= 0.6 is 22.9 Å². The van der Waals surface area contributed by atoms with E-state index in [9.17, 15) is 4.79 Å². The Bertz CT molecular complexity index is 1290. The van der Waals surface area contributed by atoms with Gasteiger partial charge in [0.15, 0.2) is 4.96 Å². The van der Waals surface area contributed by atoms with Crippen LogP contribution < -0.4 is 0 Å². The minimum Gasteiger partial charge on any atom is -0.313 e. The summed E-state index contributed by atoms with van der Waals surface area (Å²) in [7, 11) is 0. The van der Waals surface area contributed by atoms with Crippen LogP contribution in [0.5, 0.6) is 0 Å². The van der Waals surface area contributed by atoms with Crippen LogP contribution in [0, 0.1) is 6.92 Å². The molecular weight excluding hydrogens is 430 g/mol. The lowest BCUT2D eigenvalue weighted by Gasteiger charge is -2.11. The van der Waals surface area contributed by atoms with Gasteiger partial charge in [0.1, 0.15) is 0 Å². The number of carbonyl (C=O) groups is 1. The van der Waals surface area contributed by atoms with E-state index in [1.54, 1.807) is 29.7 Å². The standard InChI is InChI=1S/C24H20ClN3O2S/c1-15-6-8-17(9-7-15)23(29)30-26-14-20-22(16-10-12-18(25)13-11-16)27-24-28(20)19-4-2-3-5-21(19)31-24/h6-14H,2-5H2,1H3/b26-14+. The largest absolute Gasteiger partial charge is 0.365 e. The molecule has 5 rings (SSSR count). The van der Waals surface area contributed by atoms with Crippen LogP contribution in [0.1, 0.15) is 45.0 Å². The Labute approximate surface area is 189 Å². The number of rotatable bonds is 4. The maximum Gasteiger partial charge on any atom is 0.365 e. The molecule has 0 radical (unpaired) electrons. The molecule has 0 N–H and O–H groups in total. The smallest absolute Gasteiger partial charge is 0.313 e. The number of benzene rings is 2. The van der Waals surface area contributed by atoms with Gasteiger partial charge in [-0.2, -0.15) is 0 Å². The van der Waals surface area contributed by atoms with E-state index in [2.05, 4.69) is 9.56 Å². The number of thiazole rings is 1. The minimum atomic E-state index is -0.489. The molecule has 156 valence electrons. The SMILES string of the molecule is Cc1ccc(C(=O)O/N=C/c2c(-c3ccc(Cl)cc3)nc3sc4c(n23)CCCC4)cc1. The van der Waals surface area contributed by atoms with Gasteiger partial charge in [-0.3, -0.25) is 4.40 Å². The molecule has 0 amide bonds. The average molecular weight is 450 g/mol. The first-order valence-corrected chi connectivity index (χ1v) is 11.4. The van der Waals surface area contributed by atoms with Crippen molar-refractivity contribution in [2.75, 3.05) is 0 Å². The third kappa shape index (κ3) is 3.89. The lowest BCUT2D eigenvalue weighted by atomic mass is 10.0. The molecule has 0 unspecified atom stereocenters. The zero-order valence-electron chi connectivity index (χ0n) is 17.0. The van der Waals surface area contributed by atoms with Gasteiger partial charge >= 0.3 is 5.97 Å². The van der Waals surface area contributed by atoms with Gasteiger partial charge in [0.05, 0.1) is 23.2 Å². The summed E-state index contributed by atoms with van der Waals surface area (Å²) in [6.07, 6.45) is 6.05. The van der Waals surface area contributed by atoms with Crippen molar-refractivity contribution in [1.29, 1.82) is 0 Å². The number of hydrogen-bond acceptors (Lipinski definition) is 5. The van der Waals surface area contributed by atoms with Gasteiger partial charge in [-0.15, -0.1) is 11.3 Å². The molecule has 1 aliphatic carbocycles. The summed E-state index contributed by atoms with van der Waals surface area (Å²) in [5, 5.41) is 4.71. The maximum atomic E-state index is 12.4. The number of carbonyl (C=O) groups excluding carboxylic acids is 1. The van der Waals surface area contributed by atoms with Crippen LogP contribution in [0.15, 0.2) is 53.7 Å². The Kier molecular flexibility index (Phi) is 5.34. The van der Waals surface area contributed by atoms with Crippen molar-refractivity contribution in [1.82, 2.24) is 9.38 Å². The number of aromatic nitrogens is 2. The lowest BCUT2D eigenvalue weighted by molar-refractivity contribution is 0.0519. The van der Waals surface area contributed by atoms with E-state index >= 15 is 0 Å². The van der Waals surface area contributed by atoms with Crippen molar-refractivity contribution in [3.8, 4) is 11.3 Å². The number of halogens is 1. The molecule has 0 aliphatic heterocycles. The normalized spacial score (nSPS) is 13.6. The van der Waals surface area contributed by atoms with Gasteiger partial charge < -0.3 is 4.84 Å². The molecule has 0 fully saturated rings. The Morgan fingerprint density at radius 2 is 1.87 bits per heavy atom. The first kappa shape index (κ1) is 20.0. The Hall–Kier alpha value is -2.96. The quantitative estimate of drug-likeness (QED) is 0.215. The Balaban J connectivity index is 1.53. The highest BCUT2D eigenvalue weighted by atomic mass is 35.5. The van der Waals surface area contributed by atoms with Gasteiger partial charge in [0, 0.05) is 21.2 Å². The van der Waals surface area contributed by atoms with Crippen LogP contribution in [0.2, 0.25) is 5.02 Å². The number of aryl methyl sites for hydroxylation is 3. The average Bonchev–Trinajstić information content (AvgIpc) is 3.31. The molecule has 0 saturated carbocycles. The van der Waals surface area contributed by atoms with Gasteiger partial charge in [0.2, 0.25) is 0 Å². The summed E-state index contributed by atoms with van der Waals surface area (Å²) in [6, 6.07) is 14.8. The molecule has 1 aliphatic rings. The van der Waals surface area contributed by atoms with E-state index in [0.717, 1.165) is 46.7 Å². The molecule has 2 aromatic heterocycles. The molecule has 0 atom stereocenters. The van der Waals surface area contributed by atoms with Crippen molar-refractivity contribution in [3.63, 3.8) is 0 Å². The third-order valence-electron chi connectivity index (χ3n) is 5.47. The molecule has 2 aromatic carbocycles. The molecule has 2 heterocycles. The molecule has 0 saturated heterocycles. The van der Waals surface area contributed by atoms with E-state index in [1.807, 2.05) is 43.3 Å². The third-order valence-corrected chi connectivity index (χ3v) is 6.87. The predicted molar refractivity (Wildman–Crippen MR) is 124 cm³/mol. The summed E-state index contributed by atoms with van der Waals surface area (Å²) < 4.78 is 2.16. The molecule has 5 nitrogen and oxygen atoms in total. The number of imidazole rings is 1. The van der Waals surface area contributed by atoms with Crippen molar-refractivity contribution in [2.45, 2.75) is 32.6 Å². The zero-order chi connectivity index (χ0) is 21.4. The highest BCUT2D eigenvalue weighted by Gasteiger charge is 2.22. The van der Waals surface area contributed by atoms with Gasteiger partial charge in [-0.1, -0.05) is 46.6 Å². The highest BCUT2D eigenvalue weighted by molar-refractivity contribution is 7.17. The lowest BCUT2D eigenvalue weighted by Crippen LogP contribution is -2.06. The summed E-state index contributed by atoms with van der Waals surface area (Å²) in [6.45, 7) is 1.97. The minimum absolute atomic E-state index is 0.465. The fourth-order valence-electron chi connectivity index (χ4n) is 3.87. The monoisotopic (exact) mass is 449 g/mol. The number of nitrogens with zero attached hydrogens (tertiary/aromatic N) is 3. The summed E-state index contributed by atoms with van der Waals surface area (Å²) >= 11 is 7.80. The van der Waals surface area contributed by atoms with E-state index in [0.29, 0.717) is 10.6 Å². The highest BCUT2D eigenvalue weighted by Crippen LogP contribution is 2.34. The summed E-state index contributed by atoms with van der Waals surface area (Å²) in [5.74, 6) is -0.489. The number of fused-ring (bicyclic) bond motifs is 3. The molecule has 31 heavy (non-hydrogen) atoms. The maximum absolute atomic E-state index is 12.4. The zero-order valence-corrected chi connectivity index (χ0v) is 18.5. The van der Waals surface area contributed by atoms with Crippen LogP contribution in [-0.2, 0) is 17.7 Å². The second-order valence-electron chi connectivity index (χ2n) is 7.63. The van der Waals surface area contributed by atoms with Crippen molar-refractivity contribution in [2.24, 2.45) is 5.16 Å². The van der Waals surface area contributed by atoms with Crippen molar-refractivity contribution in [3.05, 3.63) is 80.9 Å². The van der Waals surface area contributed by atoms with Crippen LogP contribution in [0.25, 0.3) is 16.2 Å². The van der Waals surface area contributed by atoms with Crippen LogP contribution in [0.4, 0.5) is 0 Å². The topological polar surface area (TPSA) is 56.0 Å². The van der Waals surface area contributed by atoms with Crippen molar-refractivity contribution >= 4 is 40.1 Å². The van der Waals surface area contributed by atoms with E-state index in [1.165, 1.54) is 17.0 Å². The second-order valence-corrected chi connectivity index (χ2v) is 9.13. The number of hydrogen-bond donors (Lipinski definition) is 0.